The SMILES string of the molecule is Cn1nc(-c2ccccc2)c(-c2ccccc2)c(C(=O)Nc2cccc(Cl)c2Cl)c1=O. The number of hydrogen-bond donors (Lipinski definition) is 1. The van der Waals surface area contributed by atoms with Crippen LogP contribution in [0, 0.1) is 0 Å². The van der Waals surface area contributed by atoms with Gasteiger partial charge >= 0.3 is 0 Å². The lowest BCUT2D eigenvalue weighted by atomic mass is 9.95. The summed E-state index contributed by atoms with van der Waals surface area (Å²) < 4.78 is 1.17. The Morgan fingerprint density at radius 2 is 1.48 bits per heavy atom. The largest absolute Gasteiger partial charge is 0.320 e. The zero-order valence-corrected chi connectivity index (χ0v) is 18.0. The van der Waals surface area contributed by atoms with Crippen LogP contribution in [0.25, 0.3) is 22.4 Å². The van der Waals surface area contributed by atoms with E-state index in [0.717, 1.165) is 5.56 Å². The van der Waals surface area contributed by atoms with Crippen molar-refractivity contribution in [3.63, 3.8) is 0 Å². The molecule has 0 aliphatic rings. The average molecular weight is 450 g/mol. The summed E-state index contributed by atoms with van der Waals surface area (Å²) in [6, 6.07) is 23.6. The van der Waals surface area contributed by atoms with Crippen LogP contribution in [0.15, 0.2) is 83.7 Å². The summed E-state index contributed by atoms with van der Waals surface area (Å²) in [5.41, 5.74) is 2.23. The van der Waals surface area contributed by atoms with E-state index in [1.54, 1.807) is 18.2 Å². The lowest BCUT2D eigenvalue weighted by Crippen LogP contribution is -2.31. The fourth-order valence-electron chi connectivity index (χ4n) is 3.31. The molecule has 4 aromatic rings. The Morgan fingerprint density at radius 1 is 0.871 bits per heavy atom. The van der Waals surface area contributed by atoms with Crippen molar-refractivity contribution in [3.8, 4) is 22.4 Å². The highest BCUT2D eigenvalue weighted by Gasteiger charge is 2.25. The van der Waals surface area contributed by atoms with Gasteiger partial charge in [-0.2, -0.15) is 5.10 Å². The zero-order chi connectivity index (χ0) is 22.0. The molecule has 1 N–H and O–H groups in total. The second-order valence-corrected chi connectivity index (χ2v) is 7.60. The van der Waals surface area contributed by atoms with E-state index in [2.05, 4.69) is 10.4 Å². The fraction of sp³-hybridized carbons (Fsp3) is 0.0417. The number of carbonyl (C=O) groups is 1. The second kappa shape index (κ2) is 8.76. The maximum Gasteiger partial charge on any atom is 0.280 e. The minimum absolute atomic E-state index is 0.0291. The van der Waals surface area contributed by atoms with Gasteiger partial charge in [0.05, 0.1) is 21.4 Å². The number of benzene rings is 3. The first kappa shape index (κ1) is 20.8. The molecule has 154 valence electrons. The van der Waals surface area contributed by atoms with E-state index in [-0.39, 0.29) is 10.6 Å². The molecule has 0 atom stereocenters. The molecule has 0 bridgehead atoms. The molecule has 3 aromatic carbocycles. The predicted molar refractivity (Wildman–Crippen MR) is 125 cm³/mol. The number of halogens is 2. The monoisotopic (exact) mass is 449 g/mol. The van der Waals surface area contributed by atoms with Crippen molar-refractivity contribution in [3.05, 3.63) is 105 Å². The van der Waals surface area contributed by atoms with Crippen LogP contribution in [0.4, 0.5) is 5.69 Å². The third-order valence-electron chi connectivity index (χ3n) is 4.78. The zero-order valence-electron chi connectivity index (χ0n) is 16.5. The first-order valence-electron chi connectivity index (χ1n) is 9.45. The van der Waals surface area contributed by atoms with Crippen LogP contribution in [-0.4, -0.2) is 15.7 Å². The predicted octanol–water partition coefficient (Wildman–Crippen LogP) is 5.67. The highest BCUT2D eigenvalue weighted by atomic mass is 35.5. The van der Waals surface area contributed by atoms with Crippen LogP contribution in [0.1, 0.15) is 10.4 Å². The van der Waals surface area contributed by atoms with Crippen molar-refractivity contribution in [2.24, 2.45) is 7.05 Å². The van der Waals surface area contributed by atoms with Crippen molar-refractivity contribution in [1.29, 1.82) is 0 Å². The summed E-state index contributed by atoms with van der Waals surface area (Å²) in [6.07, 6.45) is 0. The number of nitrogens with one attached hydrogen (secondary N) is 1. The van der Waals surface area contributed by atoms with E-state index in [9.17, 15) is 9.59 Å². The first-order valence-corrected chi connectivity index (χ1v) is 10.2. The van der Waals surface area contributed by atoms with Crippen molar-refractivity contribution in [2.45, 2.75) is 0 Å². The van der Waals surface area contributed by atoms with E-state index in [1.807, 2.05) is 60.7 Å². The van der Waals surface area contributed by atoms with Gasteiger partial charge in [0, 0.05) is 18.2 Å². The number of amides is 1. The summed E-state index contributed by atoms with van der Waals surface area (Å²) in [5, 5.41) is 7.71. The Morgan fingerprint density at radius 3 is 2.13 bits per heavy atom. The van der Waals surface area contributed by atoms with Crippen LogP contribution >= 0.6 is 23.2 Å². The minimum Gasteiger partial charge on any atom is -0.320 e. The number of rotatable bonds is 4. The van der Waals surface area contributed by atoms with Gasteiger partial charge in [0.25, 0.3) is 11.5 Å². The molecule has 0 radical (unpaired) electrons. The molecule has 1 heterocycles. The van der Waals surface area contributed by atoms with Crippen LogP contribution in [0.3, 0.4) is 0 Å². The van der Waals surface area contributed by atoms with Crippen LogP contribution in [0.2, 0.25) is 10.0 Å². The summed E-state index contributed by atoms with van der Waals surface area (Å²) in [6.45, 7) is 0. The number of carbonyl (C=O) groups excluding carboxylic acids is 1. The van der Waals surface area contributed by atoms with Crippen molar-refractivity contribution >= 4 is 34.8 Å². The fourth-order valence-corrected chi connectivity index (χ4v) is 3.66. The van der Waals surface area contributed by atoms with Gasteiger partial charge in [-0.1, -0.05) is 89.9 Å². The number of nitrogens with zero attached hydrogens (tertiary/aromatic N) is 2. The highest BCUT2D eigenvalue weighted by molar-refractivity contribution is 6.44. The Labute approximate surface area is 188 Å². The van der Waals surface area contributed by atoms with E-state index >= 15 is 0 Å². The van der Waals surface area contributed by atoms with Crippen molar-refractivity contribution in [2.75, 3.05) is 5.32 Å². The molecule has 7 heteroatoms. The van der Waals surface area contributed by atoms with E-state index in [1.165, 1.54) is 11.7 Å². The Bertz CT molecular complexity index is 1320. The molecule has 0 aliphatic carbocycles. The van der Waals surface area contributed by atoms with Gasteiger partial charge < -0.3 is 5.32 Å². The van der Waals surface area contributed by atoms with Gasteiger partial charge in [0.15, 0.2) is 0 Å². The molecule has 0 aliphatic heterocycles. The third kappa shape index (κ3) is 4.10. The standard InChI is InChI=1S/C24H17Cl2N3O2/c1-29-24(31)20(23(30)27-18-14-8-13-17(25)21(18)26)19(15-9-4-2-5-10-15)22(28-29)16-11-6-3-7-12-16/h2-14H,1H3,(H,27,30). The third-order valence-corrected chi connectivity index (χ3v) is 5.60. The lowest BCUT2D eigenvalue weighted by molar-refractivity contribution is 0.102. The van der Waals surface area contributed by atoms with Crippen LogP contribution < -0.4 is 10.9 Å². The first-order chi connectivity index (χ1) is 15.0. The molecule has 0 saturated heterocycles. The van der Waals surface area contributed by atoms with Gasteiger partial charge in [-0.25, -0.2) is 4.68 Å². The van der Waals surface area contributed by atoms with Gasteiger partial charge in [-0.3, -0.25) is 9.59 Å². The van der Waals surface area contributed by atoms with Gasteiger partial charge in [-0.05, 0) is 17.7 Å². The number of aromatic nitrogens is 2. The van der Waals surface area contributed by atoms with Gasteiger partial charge in [0.1, 0.15) is 5.56 Å². The molecule has 0 unspecified atom stereocenters. The summed E-state index contributed by atoms with van der Waals surface area (Å²) in [5.74, 6) is -0.594. The summed E-state index contributed by atoms with van der Waals surface area (Å²) in [7, 11) is 1.52. The number of anilines is 1. The molecule has 0 saturated carbocycles. The van der Waals surface area contributed by atoms with E-state index in [4.69, 9.17) is 23.2 Å². The number of aryl methyl sites for hydroxylation is 1. The van der Waals surface area contributed by atoms with Crippen LogP contribution in [-0.2, 0) is 7.05 Å². The molecule has 1 amide bonds. The topological polar surface area (TPSA) is 64.0 Å². The molecular weight excluding hydrogens is 433 g/mol. The Kier molecular flexibility index (Phi) is 5.89. The summed E-state index contributed by atoms with van der Waals surface area (Å²) in [4.78, 5) is 26.5. The van der Waals surface area contributed by atoms with Crippen molar-refractivity contribution in [1.82, 2.24) is 9.78 Å². The quantitative estimate of drug-likeness (QED) is 0.436. The molecule has 4 rings (SSSR count). The Hall–Kier alpha value is -3.41. The molecular formula is C24H17Cl2N3O2. The van der Waals surface area contributed by atoms with Crippen LogP contribution in [0.5, 0.6) is 0 Å². The molecule has 31 heavy (non-hydrogen) atoms. The number of hydrogen-bond acceptors (Lipinski definition) is 3. The average Bonchev–Trinajstić information content (AvgIpc) is 2.79. The van der Waals surface area contributed by atoms with E-state index < -0.39 is 11.5 Å². The smallest absolute Gasteiger partial charge is 0.280 e. The molecule has 1 aromatic heterocycles. The highest BCUT2D eigenvalue weighted by Crippen LogP contribution is 2.34. The van der Waals surface area contributed by atoms with Gasteiger partial charge in [0.2, 0.25) is 0 Å². The Balaban J connectivity index is 1.97. The van der Waals surface area contributed by atoms with E-state index in [0.29, 0.717) is 27.5 Å². The lowest BCUT2D eigenvalue weighted by Gasteiger charge is -2.16. The maximum atomic E-state index is 13.4. The summed E-state index contributed by atoms with van der Waals surface area (Å²) >= 11 is 12.3. The normalized spacial score (nSPS) is 10.7. The molecule has 0 fully saturated rings. The van der Waals surface area contributed by atoms with Gasteiger partial charge in [-0.15, -0.1) is 0 Å². The van der Waals surface area contributed by atoms with Crippen molar-refractivity contribution < 1.29 is 4.79 Å². The minimum atomic E-state index is -0.594. The molecule has 5 nitrogen and oxygen atoms in total. The maximum absolute atomic E-state index is 13.4. The molecule has 0 spiro atoms. The second-order valence-electron chi connectivity index (χ2n) is 6.81.